The number of aliphatic hydroxyl groups excluding tert-OH is 1. The van der Waals surface area contributed by atoms with E-state index in [1.165, 1.54) is 9.80 Å². The van der Waals surface area contributed by atoms with Crippen LogP contribution in [0.25, 0.3) is 0 Å². The molecular weight excluding hydrogens is 472 g/mol. The number of carbonyl (C=O) groups is 2. The Balaban J connectivity index is 1.64. The van der Waals surface area contributed by atoms with E-state index in [0.717, 1.165) is 16.7 Å². The van der Waals surface area contributed by atoms with Gasteiger partial charge in [-0.15, -0.1) is 0 Å². The molecule has 3 aromatic carbocycles. The molecule has 8 heteroatoms. The minimum absolute atomic E-state index is 0.103. The molecule has 3 aromatic rings. The van der Waals surface area contributed by atoms with Gasteiger partial charge in [0.05, 0.1) is 19.8 Å². The molecule has 0 saturated carbocycles. The van der Waals surface area contributed by atoms with Gasteiger partial charge in [-0.25, -0.2) is 4.79 Å². The van der Waals surface area contributed by atoms with Crippen LogP contribution in [-0.2, 0) is 29.0 Å². The number of benzene rings is 3. The van der Waals surface area contributed by atoms with Crippen LogP contribution in [0, 0.1) is 0 Å². The first-order valence-electron chi connectivity index (χ1n) is 12.1. The van der Waals surface area contributed by atoms with Crippen LogP contribution in [0.3, 0.4) is 0 Å². The Kier molecular flexibility index (Phi) is 8.30. The molecule has 8 nitrogen and oxygen atoms in total. The smallest absolute Gasteiger partial charge is 0.410 e. The normalized spacial score (nSPS) is 17.5. The van der Waals surface area contributed by atoms with Crippen molar-refractivity contribution in [3.05, 3.63) is 89.5 Å². The summed E-state index contributed by atoms with van der Waals surface area (Å²) >= 11 is 0. The maximum atomic E-state index is 13.8. The Morgan fingerprint density at radius 3 is 2.43 bits per heavy atom. The van der Waals surface area contributed by atoms with Crippen molar-refractivity contribution in [3.63, 3.8) is 0 Å². The minimum Gasteiger partial charge on any atom is -0.493 e. The number of ether oxygens (including phenoxy) is 3. The van der Waals surface area contributed by atoms with Crippen LogP contribution in [-0.4, -0.2) is 66.8 Å². The van der Waals surface area contributed by atoms with Gasteiger partial charge in [-0.2, -0.15) is 0 Å². The lowest BCUT2D eigenvalue weighted by atomic mass is 10.0. The quantitative estimate of drug-likeness (QED) is 0.564. The number of carbonyl (C=O) groups excluding carboxylic acids is 2. The van der Waals surface area contributed by atoms with Gasteiger partial charge in [0.15, 0.2) is 11.5 Å². The highest BCUT2D eigenvalue weighted by atomic mass is 16.6. The Labute approximate surface area is 217 Å². The molecular formula is C29H32N2O6. The van der Waals surface area contributed by atoms with Crippen molar-refractivity contribution >= 4 is 12.0 Å². The summed E-state index contributed by atoms with van der Waals surface area (Å²) in [4.78, 5) is 29.6. The lowest BCUT2D eigenvalue weighted by Gasteiger charge is -2.34. The minimum atomic E-state index is -0.830. The Morgan fingerprint density at radius 1 is 1.05 bits per heavy atom. The van der Waals surface area contributed by atoms with Crippen LogP contribution < -0.4 is 9.47 Å². The van der Waals surface area contributed by atoms with E-state index < -0.39 is 18.2 Å². The summed E-state index contributed by atoms with van der Waals surface area (Å²) in [7, 11) is 4.79. The monoisotopic (exact) mass is 504 g/mol. The molecule has 2 amide bonds. The SMILES string of the molecule is COc1ccc2cc1Oc1ccc(cc1)C[C@H](N(C)C(=O)OCc1ccccc1)C(=O)N(C)[C@H](CO)C2. The first kappa shape index (κ1) is 26.0. The van der Waals surface area contributed by atoms with Crippen molar-refractivity contribution in [2.24, 2.45) is 0 Å². The van der Waals surface area contributed by atoms with Gasteiger partial charge in [0.25, 0.3) is 0 Å². The fourth-order valence-electron chi connectivity index (χ4n) is 4.32. The number of hydrogen-bond donors (Lipinski definition) is 1. The van der Waals surface area contributed by atoms with Crippen molar-refractivity contribution in [3.8, 4) is 17.2 Å². The molecule has 2 heterocycles. The van der Waals surface area contributed by atoms with Gasteiger partial charge in [-0.05, 0) is 47.4 Å². The number of amides is 2. The second kappa shape index (κ2) is 11.8. The Bertz CT molecular complexity index is 1210. The van der Waals surface area contributed by atoms with Gasteiger partial charge in [0.2, 0.25) is 5.91 Å². The molecule has 0 aromatic heterocycles. The third-order valence-corrected chi connectivity index (χ3v) is 6.63. The van der Waals surface area contributed by atoms with E-state index in [9.17, 15) is 14.7 Å². The second-order valence-corrected chi connectivity index (χ2v) is 9.09. The molecule has 1 N–H and O–H groups in total. The van der Waals surface area contributed by atoms with E-state index in [4.69, 9.17) is 14.2 Å². The second-order valence-electron chi connectivity index (χ2n) is 9.09. The standard InChI is InChI=1S/C29H32N2O6/c1-30-23(18-32)15-22-11-14-26(35-3)27(17-22)37-24-12-9-20(10-13-24)16-25(28(30)33)31(2)29(34)36-19-21-7-5-4-6-8-21/h4-14,17,23,25,32H,15-16,18-19H2,1-3H3/t23-,25-/m0/s1. The largest absolute Gasteiger partial charge is 0.493 e. The molecule has 2 aliphatic rings. The third-order valence-electron chi connectivity index (χ3n) is 6.63. The molecule has 194 valence electrons. The van der Waals surface area contributed by atoms with Gasteiger partial charge < -0.3 is 24.2 Å². The van der Waals surface area contributed by atoms with Crippen molar-refractivity contribution in [2.75, 3.05) is 27.8 Å². The van der Waals surface area contributed by atoms with E-state index in [1.807, 2.05) is 66.7 Å². The summed E-state index contributed by atoms with van der Waals surface area (Å²) in [6, 6.07) is 21.0. The summed E-state index contributed by atoms with van der Waals surface area (Å²) in [6.07, 6.45) is 0.0654. The van der Waals surface area contributed by atoms with Crippen LogP contribution in [0.5, 0.6) is 17.2 Å². The number of hydrogen-bond acceptors (Lipinski definition) is 6. The lowest BCUT2D eigenvalue weighted by molar-refractivity contribution is -0.137. The number of aliphatic hydroxyl groups is 1. The molecule has 4 bridgehead atoms. The summed E-state index contributed by atoms with van der Waals surface area (Å²) < 4.78 is 17.0. The van der Waals surface area contributed by atoms with Gasteiger partial charge in [-0.1, -0.05) is 48.5 Å². The van der Waals surface area contributed by atoms with Crippen LogP contribution in [0.2, 0.25) is 0 Å². The summed E-state index contributed by atoms with van der Waals surface area (Å²) in [5, 5.41) is 10.2. The van der Waals surface area contributed by atoms with E-state index in [0.29, 0.717) is 23.7 Å². The van der Waals surface area contributed by atoms with Crippen molar-refractivity contribution < 1.29 is 28.9 Å². The fraction of sp³-hybridized carbons (Fsp3) is 0.310. The highest BCUT2D eigenvalue weighted by Crippen LogP contribution is 2.33. The zero-order valence-corrected chi connectivity index (χ0v) is 21.3. The van der Waals surface area contributed by atoms with Gasteiger partial charge in [0, 0.05) is 20.5 Å². The predicted octanol–water partition coefficient (Wildman–Crippen LogP) is 4.04. The van der Waals surface area contributed by atoms with Crippen LogP contribution in [0.1, 0.15) is 16.7 Å². The molecule has 0 unspecified atom stereocenters. The van der Waals surface area contributed by atoms with E-state index >= 15 is 0 Å². The maximum absolute atomic E-state index is 13.8. The van der Waals surface area contributed by atoms with Crippen molar-refractivity contribution in [1.29, 1.82) is 0 Å². The molecule has 0 spiro atoms. The first-order chi connectivity index (χ1) is 17.9. The number of methoxy groups -OCH3 is 1. The molecule has 2 atom stereocenters. The van der Waals surface area contributed by atoms with E-state index in [1.54, 1.807) is 27.3 Å². The number of rotatable bonds is 5. The Hall–Kier alpha value is -4.04. The molecule has 0 aliphatic carbocycles. The molecule has 37 heavy (non-hydrogen) atoms. The highest BCUT2D eigenvalue weighted by Gasteiger charge is 2.33. The van der Waals surface area contributed by atoms with Crippen LogP contribution in [0.15, 0.2) is 72.8 Å². The highest BCUT2D eigenvalue weighted by molar-refractivity contribution is 5.86. The molecule has 2 aliphatic heterocycles. The van der Waals surface area contributed by atoms with Gasteiger partial charge >= 0.3 is 6.09 Å². The predicted molar refractivity (Wildman–Crippen MR) is 139 cm³/mol. The molecule has 0 fully saturated rings. The molecule has 0 saturated heterocycles. The summed E-state index contributed by atoms with van der Waals surface area (Å²) in [5.74, 6) is 1.46. The number of likely N-dealkylation sites (N-methyl/N-ethyl adjacent to an activating group) is 2. The average molecular weight is 505 g/mol. The third kappa shape index (κ3) is 6.21. The zero-order valence-electron chi connectivity index (χ0n) is 21.3. The van der Waals surface area contributed by atoms with Crippen LogP contribution >= 0.6 is 0 Å². The number of nitrogens with zero attached hydrogens (tertiary/aromatic N) is 2. The fourth-order valence-corrected chi connectivity index (χ4v) is 4.32. The summed E-state index contributed by atoms with van der Waals surface area (Å²) in [5.41, 5.74) is 2.57. The van der Waals surface area contributed by atoms with Crippen molar-refractivity contribution in [1.82, 2.24) is 9.80 Å². The topological polar surface area (TPSA) is 88.5 Å². The van der Waals surface area contributed by atoms with E-state index in [2.05, 4.69) is 0 Å². The lowest BCUT2D eigenvalue weighted by Crippen LogP contribution is -2.53. The Morgan fingerprint density at radius 2 is 1.76 bits per heavy atom. The number of fused-ring (bicyclic) bond motifs is 7. The van der Waals surface area contributed by atoms with Crippen LogP contribution in [0.4, 0.5) is 4.79 Å². The zero-order chi connectivity index (χ0) is 26.4. The maximum Gasteiger partial charge on any atom is 0.410 e. The average Bonchev–Trinajstić information content (AvgIpc) is 2.93. The molecule has 5 rings (SSSR count). The first-order valence-corrected chi connectivity index (χ1v) is 12.1. The van der Waals surface area contributed by atoms with Crippen molar-refractivity contribution in [2.45, 2.75) is 31.5 Å². The molecule has 0 radical (unpaired) electrons. The summed E-state index contributed by atoms with van der Waals surface area (Å²) in [6.45, 7) is -0.140. The van der Waals surface area contributed by atoms with Gasteiger partial charge in [-0.3, -0.25) is 9.69 Å². The van der Waals surface area contributed by atoms with Gasteiger partial charge in [0.1, 0.15) is 18.4 Å². The van der Waals surface area contributed by atoms with E-state index in [-0.39, 0.29) is 25.5 Å².